The largest absolute Gasteiger partial charge is 0.371 e. The van der Waals surface area contributed by atoms with Crippen molar-refractivity contribution in [2.24, 2.45) is 0 Å². The SMILES string of the molecule is CC(=O)/C=C/c1cc(Br)ccc1N1CCCCCC1. The Bertz CT molecular complexity index is 474. The van der Waals surface area contributed by atoms with E-state index in [0.29, 0.717) is 0 Å². The molecule has 0 saturated carbocycles. The zero-order valence-corrected chi connectivity index (χ0v) is 12.9. The summed E-state index contributed by atoms with van der Waals surface area (Å²) in [6.07, 6.45) is 8.73. The highest BCUT2D eigenvalue weighted by atomic mass is 79.9. The highest BCUT2D eigenvalue weighted by Crippen LogP contribution is 2.28. The van der Waals surface area contributed by atoms with Crippen LogP contribution in [0.4, 0.5) is 5.69 Å². The number of anilines is 1. The minimum Gasteiger partial charge on any atom is -0.371 e. The molecule has 1 aromatic rings. The van der Waals surface area contributed by atoms with E-state index in [1.807, 2.05) is 6.08 Å². The summed E-state index contributed by atoms with van der Waals surface area (Å²) in [5, 5.41) is 0. The number of carbonyl (C=O) groups excluding carboxylic acids is 1. The monoisotopic (exact) mass is 321 g/mol. The summed E-state index contributed by atoms with van der Waals surface area (Å²) >= 11 is 3.51. The van der Waals surface area contributed by atoms with Gasteiger partial charge in [0.05, 0.1) is 0 Å². The van der Waals surface area contributed by atoms with Gasteiger partial charge in [-0.05, 0) is 55.7 Å². The van der Waals surface area contributed by atoms with Gasteiger partial charge in [-0.25, -0.2) is 0 Å². The van der Waals surface area contributed by atoms with Gasteiger partial charge in [-0.2, -0.15) is 0 Å². The number of hydrogen-bond donors (Lipinski definition) is 0. The lowest BCUT2D eigenvalue weighted by atomic mass is 10.1. The molecular weight excluding hydrogens is 302 g/mol. The first-order valence-electron chi connectivity index (χ1n) is 6.90. The van der Waals surface area contributed by atoms with E-state index in [-0.39, 0.29) is 5.78 Å². The van der Waals surface area contributed by atoms with E-state index in [2.05, 4.69) is 39.0 Å². The number of rotatable bonds is 3. The van der Waals surface area contributed by atoms with Gasteiger partial charge in [0, 0.05) is 23.2 Å². The Labute approximate surface area is 123 Å². The van der Waals surface area contributed by atoms with Crippen molar-refractivity contribution in [1.29, 1.82) is 0 Å². The van der Waals surface area contributed by atoms with E-state index >= 15 is 0 Å². The van der Waals surface area contributed by atoms with Crippen molar-refractivity contribution in [2.75, 3.05) is 18.0 Å². The van der Waals surface area contributed by atoms with Crippen LogP contribution in [0.25, 0.3) is 6.08 Å². The van der Waals surface area contributed by atoms with Gasteiger partial charge in [-0.3, -0.25) is 4.79 Å². The summed E-state index contributed by atoms with van der Waals surface area (Å²) < 4.78 is 1.05. The van der Waals surface area contributed by atoms with Gasteiger partial charge >= 0.3 is 0 Å². The molecule has 0 aliphatic carbocycles. The van der Waals surface area contributed by atoms with E-state index in [1.165, 1.54) is 31.4 Å². The Morgan fingerprint density at radius 2 is 1.89 bits per heavy atom. The lowest BCUT2D eigenvalue weighted by Gasteiger charge is -2.24. The van der Waals surface area contributed by atoms with Crippen molar-refractivity contribution in [3.05, 3.63) is 34.3 Å². The first-order valence-corrected chi connectivity index (χ1v) is 7.69. The molecule has 1 aromatic carbocycles. The zero-order chi connectivity index (χ0) is 13.7. The van der Waals surface area contributed by atoms with Gasteiger partial charge in [-0.1, -0.05) is 28.8 Å². The third-order valence-corrected chi connectivity index (χ3v) is 3.93. The second-order valence-electron chi connectivity index (χ2n) is 5.05. The first kappa shape index (κ1) is 14.3. The summed E-state index contributed by atoms with van der Waals surface area (Å²) in [7, 11) is 0. The number of ketones is 1. The minimum atomic E-state index is 0.0850. The molecule has 3 heteroatoms. The van der Waals surface area contributed by atoms with Gasteiger partial charge < -0.3 is 4.90 Å². The molecule has 19 heavy (non-hydrogen) atoms. The number of carbonyl (C=O) groups is 1. The maximum atomic E-state index is 11.1. The second kappa shape index (κ2) is 6.90. The van der Waals surface area contributed by atoms with Crippen LogP contribution in [0.5, 0.6) is 0 Å². The summed E-state index contributed by atoms with van der Waals surface area (Å²) in [4.78, 5) is 13.6. The maximum Gasteiger partial charge on any atom is 0.152 e. The normalized spacial score (nSPS) is 16.6. The van der Waals surface area contributed by atoms with Gasteiger partial charge in [0.25, 0.3) is 0 Å². The first-order chi connectivity index (χ1) is 9.16. The Morgan fingerprint density at radius 1 is 1.21 bits per heavy atom. The van der Waals surface area contributed by atoms with Crippen LogP contribution >= 0.6 is 15.9 Å². The van der Waals surface area contributed by atoms with Crippen molar-refractivity contribution in [3.63, 3.8) is 0 Å². The lowest BCUT2D eigenvalue weighted by molar-refractivity contribution is -0.112. The van der Waals surface area contributed by atoms with E-state index in [9.17, 15) is 4.79 Å². The maximum absolute atomic E-state index is 11.1. The van der Waals surface area contributed by atoms with E-state index in [0.717, 1.165) is 23.1 Å². The van der Waals surface area contributed by atoms with Crippen LogP contribution in [-0.4, -0.2) is 18.9 Å². The molecule has 1 fully saturated rings. The third-order valence-electron chi connectivity index (χ3n) is 3.43. The average molecular weight is 322 g/mol. The smallest absolute Gasteiger partial charge is 0.152 e. The Morgan fingerprint density at radius 3 is 2.53 bits per heavy atom. The van der Waals surface area contributed by atoms with Gasteiger partial charge in [0.1, 0.15) is 0 Å². The highest BCUT2D eigenvalue weighted by molar-refractivity contribution is 9.10. The highest BCUT2D eigenvalue weighted by Gasteiger charge is 2.12. The Kier molecular flexibility index (Phi) is 5.20. The van der Waals surface area contributed by atoms with Gasteiger partial charge in [0.2, 0.25) is 0 Å². The molecule has 0 unspecified atom stereocenters. The molecule has 0 N–H and O–H groups in total. The zero-order valence-electron chi connectivity index (χ0n) is 11.4. The predicted molar refractivity (Wildman–Crippen MR) is 84.5 cm³/mol. The molecule has 0 atom stereocenters. The van der Waals surface area contributed by atoms with Crippen molar-refractivity contribution in [1.82, 2.24) is 0 Å². The summed E-state index contributed by atoms with van der Waals surface area (Å²) in [6, 6.07) is 6.31. The number of halogens is 1. The number of nitrogens with zero attached hydrogens (tertiary/aromatic N) is 1. The molecule has 0 aromatic heterocycles. The van der Waals surface area contributed by atoms with Crippen LogP contribution in [0.1, 0.15) is 38.2 Å². The van der Waals surface area contributed by atoms with Crippen LogP contribution < -0.4 is 4.90 Å². The fourth-order valence-corrected chi connectivity index (χ4v) is 2.84. The molecule has 1 aliphatic heterocycles. The topological polar surface area (TPSA) is 20.3 Å². The van der Waals surface area contributed by atoms with Crippen molar-refractivity contribution in [3.8, 4) is 0 Å². The molecule has 1 saturated heterocycles. The van der Waals surface area contributed by atoms with Crippen LogP contribution in [0.3, 0.4) is 0 Å². The molecule has 0 spiro atoms. The molecule has 2 rings (SSSR count). The van der Waals surface area contributed by atoms with Crippen molar-refractivity contribution >= 4 is 33.5 Å². The second-order valence-corrected chi connectivity index (χ2v) is 5.96. The fraction of sp³-hybridized carbons (Fsp3) is 0.438. The van der Waals surface area contributed by atoms with Crippen molar-refractivity contribution < 1.29 is 4.79 Å². The molecule has 2 nitrogen and oxygen atoms in total. The quantitative estimate of drug-likeness (QED) is 0.767. The number of allylic oxidation sites excluding steroid dienone is 1. The molecule has 1 heterocycles. The molecule has 0 bridgehead atoms. The average Bonchev–Trinajstić information content (AvgIpc) is 2.65. The molecule has 1 aliphatic rings. The molecule has 0 amide bonds. The third kappa shape index (κ3) is 4.20. The Balaban J connectivity index is 2.29. The lowest BCUT2D eigenvalue weighted by Crippen LogP contribution is -2.24. The molecule has 0 radical (unpaired) electrons. The van der Waals surface area contributed by atoms with Crippen LogP contribution in [0, 0.1) is 0 Å². The predicted octanol–water partition coefficient (Wildman–Crippen LogP) is 4.43. The Hall–Kier alpha value is -1.09. The minimum absolute atomic E-state index is 0.0850. The van der Waals surface area contributed by atoms with E-state index in [1.54, 1.807) is 13.0 Å². The standard InChI is InChI=1S/C16H20BrNO/c1-13(19)6-7-14-12-15(17)8-9-16(14)18-10-4-2-3-5-11-18/h6-9,12H,2-5,10-11H2,1H3/b7-6+. The van der Waals surface area contributed by atoms with Gasteiger partial charge in [-0.15, -0.1) is 0 Å². The molecule has 102 valence electrons. The van der Waals surface area contributed by atoms with Crippen LogP contribution in [-0.2, 0) is 4.79 Å². The summed E-state index contributed by atoms with van der Waals surface area (Å²) in [5.74, 6) is 0.0850. The summed E-state index contributed by atoms with van der Waals surface area (Å²) in [5.41, 5.74) is 2.36. The summed E-state index contributed by atoms with van der Waals surface area (Å²) in [6.45, 7) is 3.81. The fourth-order valence-electron chi connectivity index (χ4n) is 2.47. The van der Waals surface area contributed by atoms with Crippen LogP contribution in [0.15, 0.2) is 28.7 Å². The number of benzene rings is 1. The van der Waals surface area contributed by atoms with Crippen LogP contribution in [0.2, 0.25) is 0 Å². The van der Waals surface area contributed by atoms with E-state index < -0.39 is 0 Å². The van der Waals surface area contributed by atoms with Crippen molar-refractivity contribution in [2.45, 2.75) is 32.6 Å². The van der Waals surface area contributed by atoms with E-state index in [4.69, 9.17) is 0 Å². The van der Waals surface area contributed by atoms with Gasteiger partial charge in [0.15, 0.2) is 5.78 Å². The number of hydrogen-bond acceptors (Lipinski definition) is 2. The molecular formula is C16H20BrNO.